The summed E-state index contributed by atoms with van der Waals surface area (Å²) in [7, 11) is 0. The van der Waals surface area contributed by atoms with Gasteiger partial charge in [-0.05, 0) is 72.5 Å². The van der Waals surface area contributed by atoms with Gasteiger partial charge in [-0.1, -0.05) is 43.3 Å². The number of aromatic nitrogens is 3. The van der Waals surface area contributed by atoms with Crippen LogP contribution in [0.4, 0.5) is 5.82 Å². The number of nitrogen functional groups attached to an aromatic ring is 1. The second kappa shape index (κ2) is 10.4. The highest BCUT2D eigenvalue weighted by Crippen LogP contribution is 2.40. The summed E-state index contributed by atoms with van der Waals surface area (Å²) in [6.45, 7) is 4.74. The minimum atomic E-state index is -0.266. The molecule has 0 unspecified atom stereocenters. The Bertz CT molecular complexity index is 1670. The lowest BCUT2D eigenvalue weighted by molar-refractivity contribution is -0.142. The van der Waals surface area contributed by atoms with Crippen LogP contribution in [0.1, 0.15) is 44.0 Å². The zero-order valence-electron chi connectivity index (χ0n) is 22.3. The van der Waals surface area contributed by atoms with Gasteiger partial charge in [0.05, 0.1) is 24.6 Å². The number of rotatable bonds is 8. The number of esters is 1. The third kappa shape index (κ3) is 4.92. The molecule has 39 heavy (non-hydrogen) atoms. The summed E-state index contributed by atoms with van der Waals surface area (Å²) in [5.74, 6) is 1.63. The monoisotopic (exact) mass is 520 g/mol. The molecular weight excluding hydrogens is 488 g/mol. The maximum atomic E-state index is 12.1. The molecular formula is C32H32N4O3. The van der Waals surface area contributed by atoms with Gasteiger partial charge < -0.3 is 15.2 Å². The minimum absolute atomic E-state index is 0.170. The topological polar surface area (TPSA) is 92.3 Å². The number of nitrogens with two attached hydrogens (primary N) is 1. The molecule has 7 heteroatoms. The van der Waals surface area contributed by atoms with Gasteiger partial charge in [0.15, 0.2) is 0 Å². The van der Waals surface area contributed by atoms with Crippen LogP contribution in [0.3, 0.4) is 0 Å². The highest BCUT2D eigenvalue weighted by molar-refractivity contribution is 5.95. The molecule has 7 nitrogen and oxygen atoms in total. The second-order valence-corrected chi connectivity index (χ2v) is 10.4. The number of para-hydroxylation sites is 1. The first kappa shape index (κ1) is 24.9. The van der Waals surface area contributed by atoms with Crippen molar-refractivity contribution in [1.82, 2.24) is 14.8 Å². The van der Waals surface area contributed by atoms with Crippen molar-refractivity contribution in [3.8, 4) is 16.9 Å². The van der Waals surface area contributed by atoms with Crippen LogP contribution >= 0.6 is 0 Å². The zero-order valence-corrected chi connectivity index (χ0v) is 22.3. The van der Waals surface area contributed by atoms with Crippen LogP contribution in [0.5, 0.6) is 5.75 Å². The number of anilines is 1. The molecule has 1 aliphatic rings. The standard InChI is InChI=1S/C32H32N4O3/c1-3-38-31(37)18-24-6-4-5-7-30(24)39-19-28-27-17-23(10-11-29(27)36(35-28)25-14-20(2)15-25)22-9-8-21-12-13-34-32(33)26(21)16-22/h4-13,16-17,20,25H,3,14-15,18-19H2,1-2H3,(H2,33,34). The van der Waals surface area contributed by atoms with E-state index < -0.39 is 0 Å². The number of carbonyl (C=O) groups is 1. The Labute approximate surface area is 227 Å². The van der Waals surface area contributed by atoms with Crippen molar-refractivity contribution in [2.75, 3.05) is 12.3 Å². The van der Waals surface area contributed by atoms with Crippen LogP contribution in [-0.2, 0) is 22.6 Å². The lowest BCUT2D eigenvalue weighted by Gasteiger charge is -2.33. The van der Waals surface area contributed by atoms with E-state index in [1.165, 1.54) is 0 Å². The van der Waals surface area contributed by atoms with Gasteiger partial charge in [-0.25, -0.2) is 4.98 Å². The van der Waals surface area contributed by atoms with Gasteiger partial charge >= 0.3 is 5.97 Å². The molecule has 2 N–H and O–H groups in total. The predicted molar refractivity (Wildman–Crippen MR) is 153 cm³/mol. The Morgan fingerprint density at radius 3 is 2.59 bits per heavy atom. The van der Waals surface area contributed by atoms with Crippen LogP contribution in [0.25, 0.3) is 32.8 Å². The van der Waals surface area contributed by atoms with Crippen molar-refractivity contribution in [2.45, 2.75) is 45.8 Å². The quantitative estimate of drug-likeness (QED) is 0.235. The molecule has 1 fully saturated rings. The van der Waals surface area contributed by atoms with Crippen molar-refractivity contribution in [1.29, 1.82) is 0 Å². The summed E-state index contributed by atoms with van der Waals surface area (Å²) >= 11 is 0. The van der Waals surface area contributed by atoms with E-state index in [9.17, 15) is 4.79 Å². The lowest BCUT2D eigenvalue weighted by atomic mass is 9.82. The van der Waals surface area contributed by atoms with Gasteiger partial charge in [0.2, 0.25) is 0 Å². The fraction of sp³-hybridized carbons (Fsp3) is 0.281. The van der Waals surface area contributed by atoms with Crippen molar-refractivity contribution in [3.63, 3.8) is 0 Å². The first-order valence-corrected chi connectivity index (χ1v) is 13.5. The number of hydrogen-bond donors (Lipinski definition) is 1. The highest BCUT2D eigenvalue weighted by Gasteiger charge is 2.29. The van der Waals surface area contributed by atoms with Crippen molar-refractivity contribution >= 4 is 33.5 Å². The van der Waals surface area contributed by atoms with E-state index in [0.717, 1.165) is 56.9 Å². The molecule has 1 saturated carbocycles. The third-order valence-corrected chi connectivity index (χ3v) is 7.58. The summed E-state index contributed by atoms with van der Waals surface area (Å²) in [4.78, 5) is 16.4. The molecule has 2 heterocycles. The summed E-state index contributed by atoms with van der Waals surface area (Å²) in [6.07, 6.45) is 4.15. The molecule has 0 bridgehead atoms. The number of nitrogens with zero attached hydrogens (tertiary/aromatic N) is 3. The van der Waals surface area contributed by atoms with Gasteiger partial charge in [-0.3, -0.25) is 9.48 Å². The lowest BCUT2D eigenvalue weighted by Crippen LogP contribution is -2.25. The van der Waals surface area contributed by atoms with Crippen molar-refractivity contribution < 1.29 is 14.3 Å². The Hall–Kier alpha value is -4.39. The van der Waals surface area contributed by atoms with E-state index in [1.807, 2.05) is 37.3 Å². The minimum Gasteiger partial charge on any atom is -0.487 e. The fourth-order valence-electron chi connectivity index (χ4n) is 5.50. The average Bonchev–Trinajstić information content (AvgIpc) is 3.28. The molecule has 3 aromatic carbocycles. The SMILES string of the molecule is CCOC(=O)Cc1ccccc1OCc1nn(C2CC(C)C2)c2ccc(-c3ccc4ccnc(N)c4c3)cc12. The van der Waals surface area contributed by atoms with Gasteiger partial charge in [-0.2, -0.15) is 5.10 Å². The molecule has 0 amide bonds. The van der Waals surface area contributed by atoms with E-state index >= 15 is 0 Å². The Kier molecular flexibility index (Phi) is 6.65. The molecule has 198 valence electrons. The number of pyridine rings is 1. The van der Waals surface area contributed by atoms with Crippen LogP contribution in [-0.4, -0.2) is 27.3 Å². The van der Waals surface area contributed by atoms with Gasteiger partial charge in [0.25, 0.3) is 0 Å². The van der Waals surface area contributed by atoms with Crippen molar-refractivity contribution in [3.05, 3.63) is 84.2 Å². The summed E-state index contributed by atoms with van der Waals surface area (Å²) in [6, 6.07) is 22.8. The van der Waals surface area contributed by atoms with Gasteiger partial charge in [-0.15, -0.1) is 0 Å². The third-order valence-electron chi connectivity index (χ3n) is 7.58. The number of carbonyl (C=O) groups excluding carboxylic acids is 1. The van der Waals surface area contributed by atoms with Gasteiger partial charge in [0, 0.05) is 22.5 Å². The van der Waals surface area contributed by atoms with Gasteiger partial charge in [0.1, 0.15) is 23.9 Å². The largest absolute Gasteiger partial charge is 0.487 e. The Morgan fingerprint density at radius 1 is 1.03 bits per heavy atom. The molecule has 0 atom stereocenters. The Morgan fingerprint density at radius 2 is 1.79 bits per heavy atom. The summed E-state index contributed by atoms with van der Waals surface area (Å²) in [5, 5.41) is 8.12. The summed E-state index contributed by atoms with van der Waals surface area (Å²) in [5.41, 5.74) is 11.1. The van der Waals surface area contributed by atoms with Crippen LogP contribution in [0.2, 0.25) is 0 Å². The van der Waals surface area contributed by atoms with Crippen LogP contribution < -0.4 is 10.5 Å². The average molecular weight is 521 g/mol. The van der Waals surface area contributed by atoms with Crippen LogP contribution in [0.15, 0.2) is 72.9 Å². The van der Waals surface area contributed by atoms with Crippen LogP contribution in [0, 0.1) is 5.92 Å². The smallest absolute Gasteiger partial charge is 0.310 e. The normalized spacial score (nSPS) is 16.8. The predicted octanol–water partition coefficient (Wildman–Crippen LogP) is 6.49. The maximum absolute atomic E-state index is 12.1. The van der Waals surface area contributed by atoms with E-state index in [2.05, 4.69) is 53.0 Å². The van der Waals surface area contributed by atoms with E-state index in [0.29, 0.717) is 36.7 Å². The molecule has 0 spiro atoms. The Balaban J connectivity index is 1.36. The molecule has 1 aliphatic carbocycles. The second-order valence-electron chi connectivity index (χ2n) is 10.4. The molecule has 6 rings (SSSR count). The molecule has 2 aromatic heterocycles. The number of hydrogen-bond acceptors (Lipinski definition) is 6. The molecule has 0 radical (unpaired) electrons. The highest BCUT2D eigenvalue weighted by atomic mass is 16.5. The first-order valence-electron chi connectivity index (χ1n) is 13.5. The molecule has 0 saturated heterocycles. The fourth-order valence-corrected chi connectivity index (χ4v) is 5.50. The number of fused-ring (bicyclic) bond motifs is 2. The van der Waals surface area contributed by atoms with Crippen molar-refractivity contribution in [2.24, 2.45) is 5.92 Å². The molecule has 5 aromatic rings. The number of benzene rings is 3. The first-order chi connectivity index (χ1) is 19.0. The molecule has 0 aliphatic heterocycles. The maximum Gasteiger partial charge on any atom is 0.310 e. The number of ether oxygens (including phenoxy) is 2. The van der Waals surface area contributed by atoms with E-state index in [-0.39, 0.29) is 12.4 Å². The summed E-state index contributed by atoms with van der Waals surface area (Å²) < 4.78 is 13.6. The van der Waals surface area contributed by atoms with E-state index in [1.54, 1.807) is 6.20 Å². The zero-order chi connectivity index (χ0) is 26.9. The van der Waals surface area contributed by atoms with E-state index in [4.69, 9.17) is 20.3 Å².